The normalized spacial score (nSPS) is 31.8. The molecule has 1 unspecified atom stereocenters. The molecule has 1 aromatic carbocycles. The van der Waals surface area contributed by atoms with E-state index >= 15 is 0 Å². The van der Waals surface area contributed by atoms with Gasteiger partial charge in [0.2, 0.25) is 0 Å². The van der Waals surface area contributed by atoms with Crippen LogP contribution < -0.4 is 5.73 Å². The highest BCUT2D eigenvalue weighted by atomic mass is 16.1. The number of rotatable bonds is 2. The van der Waals surface area contributed by atoms with E-state index in [4.69, 9.17) is 5.73 Å². The highest BCUT2D eigenvalue weighted by Gasteiger charge is 2.40. The number of piperidine rings is 3. The SMILES string of the molecule is Nc1cccc(CC2C(=O)C3CCN2CC3)c1. The molecule has 0 amide bonds. The van der Waals surface area contributed by atoms with E-state index in [0.29, 0.717) is 11.7 Å². The Morgan fingerprint density at radius 1 is 1.29 bits per heavy atom. The standard InChI is InChI=1S/C14H18N2O/c15-12-3-1-2-10(8-12)9-13-14(17)11-4-6-16(13)7-5-11/h1-3,8,11,13H,4-7,9,15H2. The third-order valence-corrected chi connectivity index (χ3v) is 4.08. The second-order valence-electron chi connectivity index (χ2n) is 5.18. The van der Waals surface area contributed by atoms with Gasteiger partial charge in [-0.05, 0) is 50.0 Å². The molecule has 0 radical (unpaired) electrons. The maximum Gasteiger partial charge on any atom is 0.153 e. The van der Waals surface area contributed by atoms with Crippen molar-refractivity contribution in [2.45, 2.75) is 25.3 Å². The van der Waals surface area contributed by atoms with E-state index in [1.165, 1.54) is 5.56 Å². The number of benzene rings is 1. The van der Waals surface area contributed by atoms with Gasteiger partial charge in [0.05, 0.1) is 6.04 Å². The zero-order chi connectivity index (χ0) is 11.8. The molecule has 3 fully saturated rings. The Bertz CT molecular complexity index is 436. The first-order valence-electron chi connectivity index (χ1n) is 6.36. The molecular weight excluding hydrogens is 212 g/mol. The number of carbonyl (C=O) groups is 1. The van der Waals surface area contributed by atoms with E-state index in [2.05, 4.69) is 11.0 Å². The van der Waals surface area contributed by atoms with Gasteiger partial charge in [-0.15, -0.1) is 0 Å². The van der Waals surface area contributed by atoms with Crippen molar-refractivity contribution < 1.29 is 4.79 Å². The average molecular weight is 230 g/mol. The van der Waals surface area contributed by atoms with Crippen molar-refractivity contribution in [2.75, 3.05) is 18.8 Å². The van der Waals surface area contributed by atoms with Crippen LogP contribution in [0.25, 0.3) is 0 Å². The van der Waals surface area contributed by atoms with E-state index in [1.807, 2.05) is 18.2 Å². The second kappa shape index (κ2) is 4.15. The van der Waals surface area contributed by atoms with Gasteiger partial charge in [0.1, 0.15) is 0 Å². The van der Waals surface area contributed by atoms with Crippen LogP contribution in [0, 0.1) is 5.92 Å². The van der Waals surface area contributed by atoms with Crippen LogP contribution in [-0.2, 0) is 11.2 Å². The zero-order valence-corrected chi connectivity index (χ0v) is 9.93. The van der Waals surface area contributed by atoms with Crippen molar-refractivity contribution in [1.82, 2.24) is 4.90 Å². The third-order valence-electron chi connectivity index (χ3n) is 4.08. The number of nitrogens with two attached hydrogens (primary N) is 1. The fraction of sp³-hybridized carbons (Fsp3) is 0.500. The third kappa shape index (κ3) is 1.95. The van der Waals surface area contributed by atoms with Crippen LogP contribution in [0.1, 0.15) is 18.4 Å². The Labute approximate surface area is 102 Å². The fourth-order valence-corrected chi connectivity index (χ4v) is 3.12. The van der Waals surface area contributed by atoms with Crippen molar-refractivity contribution in [3.63, 3.8) is 0 Å². The first kappa shape index (κ1) is 10.8. The van der Waals surface area contributed by atoms with E-state index in [1.54, 1.807) is 0 Å². The van der Waals surface area contributed by atoms with Gasteiger partial charge in [-0.25, -0.2) is 0 Å². The second-order valence-corrected chi connectivity index (χ2v) is 5.18. The smallest absolute Gasteiger partial charge is 0.153 e. The van der Waals surface area contributed by atoms with Crippen molar-refractivity contribution in [2.24, 2.45) is 5.92 Å². The molecule has 0 aliphatic carbocycles. The van der Waals surface area contributed by atoms with Crippen molar-refractivity contribution in [3.8, 4) is 0 Å². The molecule has 1 aromatic rings. The van der Waals surface area contributed by atoms with Crippen LogP contribution >= 0.6 is 0 Å². The maximum atomic E-state index is 12.2. The van der Waals surface area contributed by atoms with Crippen molar-refractivity contribution >= 4 is 11.5 Å². The van der Waals surface area contributed by atoms with E-state index in [9.17, 15) is 4.79 Å². The lowest BCUT2D eigenvalue weighted by molar-refractivity contribution is -0.136. The molecule has 3 heterocycles. The Kier molecular flexibility index (Phi) is 2.63. The van der Waals surface area contributed by atoms with Crippen LogP contribution in [0.4, 0.5) is 5.69 Å². The summed E-state index contributed by atoms with van der Waals surface area (Å²) in [7, 11) is 0. The molecule has 4 rings (SSSR count). The van der Waals surface area contributed by atoms with Gasteiger partial charge in [-0.2, -0.15) is 0 Å². The summed E-state index contributed by atoms with van der Waals surface area (Å²) in [5, 5.41) is 0. The molecule has 3 aliphatic heterocycles. The van der Waals surface area contributed by atoms with Gasteiger partial charge >= 0.3 is 0 Å². The summed E-state index contributed by atoms with van der Waals surface area (Å²) in [5.41, 5.74) is 7.74. The van der Waals surface area contributed by atoms with Crippen molar-refractivity contribution in [1.29, 1.82) is 0 Å². The summed E-state index contributed by atoms with van der Waals surface area (Å²) in [5.74, 6) is 0.774. The summed E-state index contributed by atoms with van der Waals surface area (Å²) in [6, 6.07) is 8.00. The van der Waals surface area contributed by atoms with Crippen molar-refractivity contribution in [3.05, 3.63) is 29.8 Å². The molecule has 3 saturated heterocycles. The predicted octanol–water partition coefficient (Wildman–Crippen LogP) is 1.47. The molecule has 3 aliphatic rings. The number of anilines is 1. The van der Waals surface area contributed by atoms with Gasteiger partial charge in [-0.3, -0.25) is 9.69 Å². The molecule has 2 N–H and O–H groups in total. The molecular formula is C14H18N2O. The zero-order valence-electron chi connectivity index (χ0n) is 9.93. The molecule has 0 aromatic heterocycles. The fourth-order valence-electron chi connectivity index (χ4n) is 3.12. The summed E-state index contributed by atoms with van der Waals surface area (Å²) in [6.07, 6.45) is 2.94. The first-order chi connectivity index (χ1) is 8.24. The minimum absolute atomic E-state index is 0.101. The van der Waals surface area contributed by atoms with E-state index < -0.39 is 0 Å². The summed E-state index contributed by atoms with van der Waals surface area (Å²) >= 11 is 0. The van der Waals surface area contributed by atoms with Gasteiger partial charge in [0, 0.05) is 11.6 Å². The van der Waals surface area contributed by atoms with Gasteiger partial charge in [0.25, 0.3) is 0 Å². The number of fused-ring (bicyclic) bond motifs is 3. The van der Waals surface area contributed by atoms with Gasteiger partial charge in [-0.1, -0.05) is 12.1 Å². The minimum atomic E-state index is 0.101. The van der Waals surface area contributed by atoms with Gasteiger partial charge in [0.15, 0.2) is 5.78 Å². The highest BCUT2D eigenvalue weighted by molar-refractivity contribution is 5.88. The summed E-state index contributed by atoms with van der Waals surface area (Å²) in [6.45, 7) is 2.17. The minimum Gasteiger partial charge on any atom is -0.399 e. The van der Waals surface area contributed by atoms with Crippen LogP contribution in [0.3, 0.4) is 0 Å². The lowest BCUT2D eigenvalue weighted by atomic mass is 9.80. The molecule has 3 heteroatoms. The molecule has 0 spiro atoms. The maximum absolute atomic E-state index is 12.2. The molecule has 17 heavy (non-hydrogen) atoms. The number of carbonyl (C=O) groups excluding carboxylic acids is 1. The summed E-state index contributed by atoms with van der Waals surface area (Å²) < 4.78 is 0. The Balaban J connectivity index is 1.79. The summed E-state index contributed by atoms with van der Waals surface area (Å²) in [4.78, 5) is 14.5. The Morgan fingerprint density at radius 2 is 2.06 bits per heavy atom. The van der Waals surface area contributed by atoms with Crippen LogP contribution in [0.15, 0.2) is 24.3 Å². The highest BCUT2D eigenvalue weighted by Crippen LogP contribution is 2.30. The molecule has 2 bridgehead atoms. The number of nitrogens with zero attached hydrogens (tertiary/aromatic N) is 1. The topological polar surface area (TPSA) is 46.3 Å². The first-order valence-corrected chi connectivity index (χ1v) is 6.36. The largest absolute Gasteiger partial charge is 0.399 e. The van der Waals surface area contributed by atoms with E-state index in [0.717, 1.165) is 38.0 Å². The number of ketones is 1. The van der Waals surface area contributed by atoms with Gasteiger partial charge < -0.3 is 5.73 Å². The number of Topliss-reactive ketones (excluding diaryl/α,β-unsaturated/α-hetero) is 1. The van der Waals surface area contributed by atoms with E-state index in [-0.39, 0.29) is 6.04 Å². The molecule has 0 saturated carbocycles. The molecule has 3 nitrogen and oxygen atoms in total. The monoisotopic (exact) mass is 230 g/mol. The quantitative estimate of drug-likeness (QED) is 0.783. The Morgan fingerprint density at radius 3 is 2.71 bits per heavy atom. The predicted molar refractivity (Wildman–Crippen MR) is 67.7 cm³/mol. The molecule has 90 valence electrons. The lowest BCUT2D eigenvalue weighted by Gasteiger charge is -2.44. The average Bonchev–Trinajstić information content (AvgIpc) is 2.34. The number of nitrogen functional groups attached to an aromatic ring is 1. The molecule has 1 atom stereocenters. The van der Waals surface area contributed by atoms with Crippen LogP contribution in [-0.4, -0.2) is 29.8 Å². The Hall–Kier alpha value is -1.35. The van der Waals surface area contributed by atoms with Crippen LogP contribution in [0.2, 0.25) is 0 Å². The number of hydrogen-bond donors (Lipinski definition) is 1. The number of hydrogen-bond acceptors (Lipinski definition) is 3. The lowest BCUT2D eigenvalue weighted by Crippen LogP contribution is -2.56. The van der Waals surface area contributed by atoms with Crippen LogP contribution in [0.5, 0.6) is 0 Å².